The van der Waals surface area contributed by atoms with Gasteiger partial charge in [-0.1, -0.05) is 0 Å². The van der Waals surface area contributed by atoms with Crippen molar-refractivity contribution in [3.8, 4) is 0 Å². The van der Waals surface area contributed by atoms with E-state index in [1.165, 1.54) is 0 Å². The van der Waals surface area contributed by atoms with Crippen molar-refractivity contribution in [1.82, 2.24) is 4.98 Å². The first-order valence-corrected chi connectivity index (χ1v) is 3.98. The van der Waals surface area contributed by atoms with E-state index in [0.29, 0.717) is 24.6 Å². The first-order valence-electron chi connectivity index (χ1n) is 3.98. The molecule has 70 valence electrons. The number of aromatic nitrogens is 1. The van der Waals surface area contributed by atoms with Gasteiger partial charge in [-0.05, 0) is 6.07 Å². The molecule has 1 aliphatic heterocycles. The number of H-pyrrole nitrogens is 1. The zero-order valence-electron chi connectivity index (χ0n) is 6.95. The maximum absolute atomic E-state index is 11.3. The minimum atomic E-state index is -0.384. The Bertz CT molecular complexity index is 317. The lowest BCUT2D eigenvalue weighted by molar-refractivity contribution is -0.103. The average Bonchev–Trinajstić information content (AvgIpc) is 2.44. The fourth-order valence-electron chi connectivity index (χ4n) is 1.03. The van der Waals surface area contributed by atoms with Crippen molar-refractivity contribution >= 4 is 11.7 Å². The summed E-state index contributed by atoms with van der Waals surface area (Å²) in [5, 5.41) is 0. The number of anilines is 1. The van der Waals surface area contributed by atoms with Crippen LogP contribution < -0.4 is 5.73 Å². The molecule has 13 heavy (non-hydrogen) atoms. The number of ether oxygens (including phenoxy) is 2. The van der Waals surface area contributed by atoms with Gasteiger partial charge in [0, 0.05) is 6.20 Å². The summed E-state index contributed by atoms with van der Waals surface area (Å²) >= 11 is 0. The largest absolute Gasteiger partial charge is 0.453 e. The molecule has 3 N–H and O–H groups in total. The molecule has 0 spiro atoms. The van der Waals surface area contributed by atoms with Crippen LogP contribution in [-0.2, 0) is 9.47 Å². The Kier molecular flexibility index (Phi) is 1.94. The highest BCUT2D eigenvalue weighted by Gasteiger charge is 2.23. The number of aromatic amines is 1. The predicted molar refractivity (Wildman–Crippen MR) is 45.2 cm³/mol. The Hall–Kier alpha value is -1.49. The molecule has 0 aromatic carbocycles. The molecule has 1 saturated heterocycles. The van der Waals surface area contributed by atoms with Crippen LogP contribution in [0, 0.1) is 0 Å². The third-order valence-corrected chi connectivity index (χ3v) is 1.81. The molecule has 1 aliphatic rings. The second-order valence-corrected chi connectivity index (χ2v) is 2.91. The molecule has 0 saturated carbocycles. The number of carbonyl (C=O) groups is 1. The standard InChI is InChI=1S/C8H10N2O3/c9-5-1-7(10-2-5)8(11)13-6-3-12-4-6/h1-2,6,10H,3-4,9H2. The summed E-state index contributed by atoms with van der Waals surface area (Å²) in [7, 11) is 0. The van der Waals surface area contributed by atoms with E-state index in [1.807, 2.05) is 0 Å². The van der Waals surface area contributed by atoms with E-state index >= 15 is 0 Å². The normalized spacial score (nSPS) is 16.6. The van der Waals surface area contributed by atoms with Gasteiger partial charge in [-0.2, -0.15) is 0 Å². The Morgan fingerprint density at radius 1 is 1.69 bits per heavy atom. The fraction of sp³-hybridized carbons (Fsp3) is 0.375. The SMILES string of the molecule is Nc1c[nH]c(C(=O)OC2COC2)c1. The van der Waals surface area contributed by atoms with E-state index in [0.717, 1.165) is 0 Å². The average molecular weight is 182 g/mol. The summed E-state index contributed by atoms with van der Waals surface area (Å²) < 4.78 is 9.90. The zero-order chi connectivity index (χ0) is 9.26. The number of nitrogens with one attached hydrogen (secondary N) is 1. The summed E-state index contributed by atoms with van der Waals surface area (Å²) in [5.41, 5.74) is 6.33. The van der Waals surface area contributed by atoms with Crippen LogP contribution in [0.3, 0.4) is 0 Å². The first-order chi connectivity index (χ1) is 6.25. The van der Waals surface area contributed by atoms with Crippen LogP contribution in [0.1, 0.15) is 10.5 Å². The summed E-state index contributed by atoms with van der Waals surface area (Å²) in [6.07, 6.45) is 1.45. The van der Waals surface area contributed by atoms with Gasteiger partial charge >= 0.3 is 5.97 Å². The third kappa shape index (κ3) is 1.65. The van der Waals surface area contributed by atoms with Crippen LogP contribution in [0.4, 0.5) is 5.69 Å². The van der Waals surface area contributed by atoms with Crippen LogP contribution >= 0.6 is 0 Å². The van der Waals surface area contributed by atoms with Crippen molar-refractivity contribution in [3.63, 3.8) is 0 Å². The molecule has 0 unspecified atom stereocenters. The highest BCUT2D eigenvalue weighted by atomic mass is 16.6. The summed E-state index contributed by atoms with van der Waals surface area (Å²) in [4.78, 5) is 14.0. The van der Waals surface area contributed by atoms with Gasteiger partial charge in [0.05, 0.1) is 18.9 Å². The van der Waals surface area contributed by atoms with Gasteiger partial charge in [0.15, 0.2) is 0 Å². The number of hydrogen-bond donors (Lipinski definition) is 2. The number of hydrogen-bond acceptors (Lipinski definition) is 4. The van der Waals surface area contributed by atoms with E-state index in [4.69, 9.17) is 15.2 Å². The first kappa shape index (κ1) is 8.12. The number of nitrogens with two attached hydrogens (primary N) is 1. The van der Waals surface area contributed by atoms with Gasteiger partial charge in [0.1, 0.15) is 11.8 Å². The molecule has 0 atom stereocenters. The van der Waals surface area contributed by atoms with Gasteiger partial charge < -0.3 is 20.2 Å². The molecule has 1 aromatic heterocycles. The fourth-order valence-corrected chi connectivity index (χ4v) is 1.03. The van der Waals surface area contributed by atoms with Crippen molar-refractivity contribution in [2.24, 2.45) is 0 Å². The Balaban J connectivity index is 1.96. The zero-order valence-corrected chi connectivity index (χ0v) is 6.95. The van der Waals surface area contributed by atoms with Gasteiger partial charge in [0.2, 0.25) is 0 Å². The molecule has 0 aliphatic carbocycles. The van der Waals surface area contributed by atoms with Crippen LogP contribution in [0.2, 0.25) is 0 Å². The minimum absolute atomic E-state index is 0.1000. The van der Waals surface area contributed by atoms with Gasteiger partial charge in [-0.25, -0.2) is 4.79 Å². The molecule has 0 radical (unpaired) electrons. The minimum Gasteiger partial charge on any atom is -0.453 e. The quantitative estimate of drug-likeness (QED) is 0.638. The van der Waals surface area contributed by atoms with E-state index in [2.05, 4.69) is 4.98 Å². The predicted octanol–water partition coefficient (Wildman–Crippen LogP) is 0.152. The van der Waals surface area contributed by atoms with Gasteiger partial charge in [0.25, 0.3) is 0 Å². The van der Waals surface area contributed by atoms with Crippen molar-refractivity contribution in [2.45, 2.75) is 6.10 Å². The summed E-state index contributed by atoms with van der Waals surface area (Å²) in [6.45, 7) is 0.976. The molecule has 5 nitrogen and oxygen atoms in total. The van der Waals surface area contributed by atoms with E-state index in [1.54, 1.807) is 12.3 Å². The van der Waals surface area contributed by atoms with Crippen molar-refractivity contribution in [2.75, 3.05) is 18.9 Å². The lowest BCUT2D eigenvalue weighted by atomic mass is 10.3. The number of rotatable bonds is 2. The van der Waals surface area contributed by atoms with Crippen molar-refractivity contribution < 1.29 is 14.3 Å². The molecule has 1 aromatic rings. The molecule has 2 heterocycles. The highest BCUT2D eigenvalue weighted by Crippen LogP contribution is 2.11. The maximum Gasteiger partial charge on any atom is 0.355 e. The van der Waals surface area contributed by atoms with Crippen LogP contribution in [0.15, 0.2) is 12.3 Å². The Morgan fingerprint density at radius 3 is 2.92 bits per heavy atom. The molecular weight excluding hydrogens is 172 g/mol. The summed E-state index contributed by atoms with van der Waals surface area (Å²) in [6, 6.07) is 1.54. The Morgan fingerprint density at radius 2 is 2.46 bits per heavy atom. The van der Waals surface area contributed by atoms with Crippen molar-refractivity contribution in [1.29, 1.82) is 0 Å². The maximum atomic E-state index is 11.3. The van der Waals surface area contributed by atoms with E-state index < -0.39 is 0 Å². The number of carbonyl (C=O) groups excluding carboxylic acids is 1. The molecule has 0 amide bonds. The van der Waals surface area contributed by atoms with Crippen LogP contribution in [0.5, 0.6) is 0 Å². The molecular formula is C8H10N2O3. The van der Waals surface area contributed by atoms with E-state index in [9.17, 15) is 4.79 Å². The van der Waals surface area contributed by atoms with Gasteiger partial charge in [-0.15, -0.1) is 0 Å². The number of esters is 1. The second-order valence-electron chi connectivity index (χ2n) is 2.91. The van der Waals surface area contributed by atoms with Crippen molar-refractivity contribution in [3.05, 3.63) is 18.0 Å². The topological polar surface area (TPSA) is 77.3 Å². The van der Waals surface area contributed by atoms with Gasteiger partial charge in [-0.3, -0.25) is 0 Å². The molecule has 5 heteroatoms. The number of nitrogen functional groups attached to an aromatic ring is 1. The highest BCUT2D eigenvalue weighted by molar-refractivity contribution is 5.88. The smallest absolute Gasteiger partial charge is 0.355 e. The van der Waals surface area contributed by atoms with E-state index in [-0.39, 0.29) is 12.1 Å². The lowest BCUT2D eigenvalue weighted by Gasteiger charge is -2.25. The molecule has 0 bridgehead atoms. The monoisotopic (exact) mass is 182 g/mol. The third-order valence-electron chi connectivity index (χ3n) is 1.81. The summed E-state index contributed by atoms with van der Waals surface area (Å²) in [5.74, 6) is -0.384. The Labute approximate surface area is 74.8 Å². The van der Waals surface area contributed by atoms with Crippen LogP contribution in [-0.4, -0.2) is 30.3 Å². The molecule has 2 rings (SSSR count). The lowest BCUT2D eigenvalue weighted by Crippen LogP contribution is -2.37. The molecule has 1 fully saturated rings. The second kappa shape index (κ2) is 3.10. The van der Waals surface area contributed by atoms with Crippen LogP contribution in [0.25, 0.3) is 0 Å².